The van der Waals surface area contributed by atoms with Gasteiger partial charge in [0.05, 0.1) is 17.7 Å². The lowest BCUT2D eigenvalue weighted by atomic mass is 10.1. The molecule has 9 aromatic rings. The number of hydrogen-bond acceptors (Lipinski definition) is 12. The predicted octanol–water partition coefficient (Wildman–Crippen LogP) is 8.90. The number of halogens is 2. The Kier molecular flexibility index (Phi) is 7.60. The molecule has 0 aliphatic carbocycles. The zero-order chi connectivity index (χ0) is 40.9. The highest BCUT2D eigenvalue weighted by Crippen LogP contribution is 2.37. The van der Waals surface area contributed by atoms with Gasteiger partial charge in [0.15, 0.2) is 23.3 Å². The van der Waals surface area contributed by atoms with Crippen LogP contribution in [0.25, 0.3) is 89.7 Å². The topological polar surface area (TPSA) is 197 Å². The van der Waals surface area contributed by atoms with Gasteiger partial charge in [0.25, 0.3) is 11.8 Å². The molecule has 15 nitrogen and oxygen atoms in total. The number of imide groups is 1. The van der Waals surface area contributed by atoms with Crippen LogP contribution >= 0.6 is 23.2 Å². The van der Waals surface area contributed by atoms with Crippen LogP contribution in [0.1, 0.15) is 26.3 Å². The number of carbonyl (C=O) groups excluding carboxylic acids is 2. The number of nitrogens with one attached hydrogen (secondary N) is 3. The van der Waals surface area contributed by atoms with Crippen LogP contribution in [0.15, 0.2) is 109 Å². The molecule has 0 unspecified atom stereocenters. The van der Waals surface area contributed by atoms with Gasteiger partial charge in [-0.2, -0.15) is 15.0 Å². The lowest BCUT2D eigenvalue weighted by molar-refractivity contribution is 0.0642. The fourth-order valence-electron chi connectivity index (χ4n) is 7.99. The Labute approximate surface area is 352 Å². The van der Waals surface area contributed by atoms with Crippen LogP contribution in [-0.4, -0.2) is 71.5 Å². The normalized spacial score (nSPS) is 12.9. The van der Waals surface area contributed by atoms with Gasteiger partial charge in [0, 0.05) is 49.5 Å². The molecule has 8 bridgehead atoms. The van der Waals surface area contributed by atoms with Gasteiger partial charge in [-0.25, -0.2) is 29.9 Å². The monoisotopic (exact) mass is 835 g/mol. The summed E-state index contributed by atoms with van der Waals surface area (Å²) in [6.07, 6.45) is 0. The molecule has 5 aromatic carbocycles. The van der Waals surface area contributed by atoms with E-state index in [4.69, 9.17) is 53.1 Å². The largest absolute Gasteiger partial charge is 0.324 e. The lowest BCUT2D eigenvalue weighted by Gasteiger charge is -2.14. The zero-order valence-corrected chi connectivity index (χ0v) is 32.7. The minimum Gasteiger partial charge on any atom is -0.324 e. The molecule has 290 valence electrons. The van der Waals surface area contributed by atoms with E-state index in [1.807, 2.05) is 91.0 Å². The van der Waals surface area contributed by atoms with Crippen molar-refractivity contribution < 1.29 is 9.59 Å². The molecule has 2 amide bonds. The third-order valence-electron chi connectivity index (χ3n) is 10.8. The summed E-state index contributed by atoms with van der Waals surface area (Å²) in [5.41, 5.74) is 7.13. The summed E-state index contributed by atoms with van der Waals surface area (Å²) in [5, 5.41) is 6.00. The molecule has 0 saturated carbocycles. The first-order valence-corrected chi connectivity index (χ1v) is 19.6. The molecule has 0 atom stereocenters. The Morgan fingerprint density at radius 1 is 0.459 bits per heavy atom. The molecular formula is C44H23Cl2N13O2. The number of aromatic nitrogens is 11. The Morgan fingerprint density at radius 3 is 1.48 bits per heavy atom. The predicted molar refractivity (Wildman–Crippen MR) is 230 cm³/mol. The van der Waals surface area contributed by atoms with E-state index in [0.717, 1.165) is 38.4 Å². The number of fused-ring (bicyclic) bond motifs is 21. The van der Waals surface area contributed by atoms with Crippen molar-refractivity contribution in [3.63, 3.8) is 0 Å². The fraction of sp³-hybridized carbons (Fsp3) is 0.0227. The van der Waals surface area contributed by atoms with E-state index in [1.54, 1.807) is 18.2 Å². The van der Waals surface area contributed by atoms with Crippen LogP contribution in [0.4, 0.5) is 11.6 Å². The standard InChI is InChI=1S/C44H23Cl2N13O2/c45-42-56-43(46)58-44(57-42)47-21-14-16-29-31(18-21)41(61)59(40(29)60)19-20-13-15-28-30(17-20)39-54-37-27-12-6-5-11-26(27)35(52-37)50-33-23-8-2-1-7-22(23)32(48-33)49-34-24-9-3-4-10-25(24)36(51-34)53-38(28)55-39/h1-18H,19H2,(H,47,56,57,58)(H2,48,49,50,51,52,53,54,55). The summed E-state index contributed by atoms with van der Waals surface area (Å²) >= 11 is 11.9. The van der Waals surface area contributed by atoms with Gasteiger partial charge in [0.2, 0.25) is 16.5 Å². The summed E-state index contributed by atoms with van der Waals surface area (Å²) in [6, 6.07) is 34.0. The summed E-state index contributed by atoms with van der Waals surface area (Å²) in [6.45, 7) is -0.00671. The molecule has 0 saturated heterocycles. The van der Waals surface area contributed by atoms with E-state index in [-0.39, 0.29) is 34.2 Å². The average Bonchev–Trinajstić information content (AvgIpc) is 4.04. The first-order chi connectivity index (χ1) is 29.8. The number of carbonyl (C=O) groups is 2. The van der Waals surface area contributed by atoms with Crippen LogP contribution in [0.2, 0.25) is 10.6 Å². The van der Waals surface area contributed by atoms with E-state index in [0.29, 0.717) is 62.5 Å². The van der Waals surface area contributed by atoms with Crippen LogP contribution < -0.4 is 5.32 Å². The van der Waals surface area contributed by atoms with Crippen molar-refractivity contribution in [3.8, 4) is 45.6 Å². The maximum absolute atomic E-state index is 13.9. The second kappa shape index (κ2) is 13.3. The molecule has 3 N–H and O–H groups in total. The second-order valence-corrected chi connectivity index (χ2v) is 15.1. The Bertz CT molecular complexity index is 3580. The third-order valence-corrected chi connectivity index (χ3v) is 11.1. The number of nitrogens with zero attached hydrogens (tertiary/aromatic N) is 10. The van der Waals surface area contributed by atoms with Crippen molar-refractivity contribution in [1.82, 2.24) is 59.7 Å². The van der Waals surface area contributed by atoms with Crippen LogP contribution in [0.5, 0.6) is 0 Å². The number of rotatable bonds is 4. The number of amides is 2. The van der Waals surface area contributed by atoms with Crippen LogP contribution in [0, 0.1) is 0 Å². The first kappa shape index (κ1) is 35.0. The van der Waals surface area contributed by atoms with Gasteiger partial charge in [-0.05, 0) is 53.0 Å². The number of aromatic amines is 2. The molecule has 3 aliphatic heterocycles. The van der Waals surface area contributed by atoms with Crippen LogP contribution in [0.3, 0.4) is 0 Å². The third kappa shape index (κ3) is 5.70. The Hall–Kier alpha value is -8.01. The maximum Gasteiger partial charge on any atom is 0.261 e. The van der Waals surface area contributed by atoms with Gasteiger partial charge in [0.1, 0.15) is 22.6 Å². The summed E-state index contributed by atoms with van der Waals surface area (Å²) in [4.78, 5) is 77.7. The molecule has 61 heavy (non-hydrogen) atoms. The van der Waals surface area contributed by atoms with E-state index < -0.39 is 11.8 Å². The molecular weight excluding hydrogens is 813 g/mol. The Morgan fingerprint density at radius 2 is 0.934 bits per heavy atom. The first-order valence-electron chi connectivity index (χ1n) is 18.9. The van der Waals surface area contributed by atoms with Crippen molar-refractivity contribution in [1.29, 1.82) is 0 Å². The van der Waals surface area contributed by atoms with Gasteiger partial charge in [-0.1, -0.05) is 84.9 Å². The van der Waals surface area contributed by atoms with E-state index >= 15 is 0 Å². The number of H-pyrrole nitrogens is 2. The summed E-state index contributed by atoms with van der Waals surface area (Å²) in [5.74, 6) is 1.13. The van der Waals surface area contributed by atoms with Crippen molar-refractivity contribution in [2.75, 3.05) is 5.32 Å². The minimum absolute atomic E-state index is 0.00671. The highest BCUT2D eigenvalue weighted by Gasteiger charge is 2.36. The molecule has 0 radical (unpaired) electrons. The number of anilines is 2. The molecule has 4 aromatic heterocycles. The molecule has 3 aliphatic rings. The van der Waals surface area contributed by atoms with E-state index in [2.05, 4.69) is 30.2 Å². The van der Waals surface area contributed by atoms with E-state index in [9.17, 15) is 9.59 Å². The van der Waals surface area contributed by atoms with Gasteiger partial charge < -0.3 is 15.3 Å². The summed E-state index contributed by atoms with van der Waals surface area (Å²) < 4.78 is 0. The molecule has 0 fully saturated rings. The average molecular weight is 837 g/mol. The number of benzene rings is 5. The van der Waals surface area contributed by atoms with Crippen molar-refractivity contribution in [2.45, 2.75) is 6.54 Å². The summed E-state index contributed by atoms with van der Waals surface area (Å²) in [7, 11) is 0. The van der Waals surface area contributed by atoms with E-state index in [1.165, 1.54) is 4.90 Å². The van der Waals surface area contributed by atoms with Crippen LogP contribution in [-0.2, 0) is 6.54 Å². The van der Waals surface area contributed by atoms with Crippen molar-refractivity contribution >= 4 is 90.8 Å². The van der Waals surface area contributed by atoms with Gasteiger partial charge in [-0.15, -0.1) is 0 Å². The Balaban J connectivity index is 1.02. The second-order valence-electron chi connectivity index (χ2n) is 14.4. The number of hydrogen-bond donors (Lipinski definition) is 3. The lowest BCUT2D eigenvalue weighted by Crippen LogP contribution is -2.29. The minimum atomic E-state index is -0.455. The maximum atomic E-state index is 13.9. The molecule has 12 rings (SSSR count). The SMILES string of the molecule is O=C1c2ccc(Nc3nc(Cl)nc(Cl)n3)cc2C(=O)N1Cc1ccc2c3nc4nc(nc5[nH]c(nc6nc(nc([nH]3)c2c1)-c1ccccc1-6)c1ccccc51)-c1ccccc1-4. The highest BCUT2D eigenvalue weighted by molar-refractivity contribution is 6.31. The molecule has 7 heterocycles. The van der Waals surface area contributed by atoms with Crippen molar-refractivity contribution in [2.24, 2.45) is 0 Å². The zero-order valence-electron chi connectivity index (χ0n) is 31.1. The van der Waals surface area contributed by atoms with Crippen molar-refractivity contribution in [3.05, 3.63) is 136 Å². The van der Waals surface area contributed by atoms with Gasteiger partial charge in [-0.3, -0.25) is 14.5 Å². The molecule has 17 heteroatoms. The van der Waals surface area contributed by atoms with Gasteiger partial charge >= 0.3 is 0 Å². The highest BCUT2D eigenvalue weighted by atomic mass is 35.5. The molecule has 0 spiro atoms. The smallest absolute Gasteiger partial charge is 0.261 e. The fourth-order valence-corrected chi connectivity index (χ4v) is 8.36. The quantitative estimate of drug-likeness (QED) is 0.143.